The van der Waals surface area contributed by atoms with Gasteiger partial charge in [0.25, 0.3) is 0 Å². The third-order valence-corrected chi connectivity index (χ3v) is 8.91. The average molecular weight is 566 g/mol. The molecule has 7 nitrogen and oxygen atoms in total. The van der Waals surface area contributed by atoms with Crippen molar-refractivity contribution >= 4 is 28.3 Å². The van der Waals surface area contributed by atoms with Crippen LogP contribution in [0.25, 0.3) is 22.4 Å². The van der Waals surface area contributed by atoms with Crippen molar-refractivity contribution in [1.29, 1.82) is 0 Å². The van der Waals surface area contributed by atoms with Crippen molar-refractivity contribution in [3.8, 4) is 17.1 Å². The van der Waals surface area contributed by atoms with Gasteiger partial charge in [-0.05, 0) is 60.7 Å². The lowest BCUT2D eigenvalue weighted by Crippen LogP contribution is -2.47. The Morgan fingerprint density at radius 2 is 1.74 bits per heavy atom. The van der Waals surface area contributed by atoms with E-state index in [1.54, 1.807) is 0 Å². The highest BCUT2D eigenvalue weighted by Gasteiger charge is 2.20. The topological polar surface area (TPSA) is 73.5 Å². The van der Waals surface area contributed by atoms with Gasteiger partial charge in [-0.15, -0.1) is 0 Å². The summed E-state index contributed by atoms with van der Waals surface area (Å²) in [5.41, 5.74) is 6.60. The number of nitrogens with zero attached hydrogens (tertiary/aromatic N) is 3. The van der Waals surface area contributed by atoms with E-state index in [9.17, 15) is 4.79 Å². The van der Waals surface area contributed by atoms with Gasteiger partial charge in [-0.3, -0.25) is 9.69 Å². The lowest BCUT2D eigenvalue weighted by atomic mass is 10.0. The van der Waals surface area contributed by atoms with Gasteiger partial charge in [0, 0.05) is 50.4 Å². The van der Waals surface area contributed by atoms with Crippen LogP contribution in [0.5, 0.6) is 5.75 Å². The van der Waals surface area contributed by atoms with Crippen molar-refractivity contribution in [2.24, 2.45) is 5.92 Å². The van der Waals surface area contributed by atoms with E-state index in [0.29, 0.717) is 13.0 Å². The molecule has 1 aliphatic carbocycles. The van der Waals surface area contributed by atoms with Crippen molar-refractivity contribution in [2.75, 3.05) is 49.5 Å². The lowest BCUT2D eigenvalue weighted by Gasteiger charge is -2.36. The maximum Gasteiger partial charge on any atom is 0.224 e. The molecule has 0 spiro atoms. The van der Waals surface area contributed by atoms with E-state index in [1.807, 2.05) is 24.3 Å². The number of carbonyl (C=O) groups excluding carboxylic acids is 1. The summed E-state index contributed by atoms with van der Waals surface area (Å²) in [6.07, 6.45) is 7.87. The summed E-state index contributed by atoms with van der Waals surface area (Å²) in [7, 11) is 0. The average Bonchev–Trinajstić information content (AvgIpc) is 3.72. The Hall–Kier alpha value is -3.84. The molecule has 1 saturated heterocycles. The third-order valence-electron chi connectivity index (χ3n) is 8.91. The van der Waals surface area contributed by atoms with Crippen molar-refractivity contribution in [1.82, 2.24) is 14.9 Å². The number of aryl methyl sites for hydroxylation is 1. The van der Waals surface area contributed by atoms with Gasteiger partial charge in [0.15, 0.2) is 0 Å². The fourth-order valence-electron chi connectivity index (χ4n) is 6.30. The normalized spacial score (nSPS) is 16.3. The van der Waals surface area contributed by atoms with Crippen LogP contribution in [0, 0.1) is 5.92 Å². The number of piperazine rings is 1. The van der Waals surface area contributed by atoms with Crippen LogP contribution >= 0.6 is 0 Å². The summed E-state index contributed by atoms with van der Waals surface area (Å²) in [6.45, 7) is 7.60. The van der Waals surface area contributed by atoms with E-state index < -0.39 is 0 Å². The number of ether oxygens (including phenoxy) is 1. The highest BCUT2D eigenvalue weighted by atomic mass is 16.5. The zero-order valence-electron chi connectivity index (χ0n) is 24.8. The van der Waals surface area contributed by atoms with Gasteiger partial charge in [-0.1, -0.05) is 62.9 Å². The molecule has 1 aliphatic heterocycles. The standard InChI is InChI=1S/C35H43N5O2/c1-2-26-10-13-28(14-11-26)35-37-31-8-5-9-32(34(31)38-35)40-22-20-39(21-23-40)24-25-42-30-17-15-29(16-18-30)36-33(41)19-12-27-6-3-4-7-27/h5,8-11,13-18,27H,2-4,6-7,12,19-25H2,1H3,(H,36,41)(H,37,38). The van der Waals surface area contributed by atoms with Gasteiger partial charge in [0.1, 0.15) is 23.7 Å². The molecule has 0 unspecified atom stereocenters. The monoisotopic (exact) mass is 565 g/mol. The first kappa shape index (κ1) is 28.3. The van der Waals surface area contributed by atoms with Crippen LogP contribution in [0.2, 0.25) is 0 Å². The van der Waals surface area contributed by atoms with E-state index in [1.165, 1.54) is 36.9 Å². The number of hydrogen-bond donors (Lipinski definition) is 2. The highest BCUT2D eigenvalue weighted by Crippen LogP contribution is 2.30. The maximum atomic E-state index is 12.3. The van der Waals surface area contributed by atoms with Crippen molar-refractivity contribution in [3.05, 3.63) is 72.3 Å². The molecule has 1 saturated carbocycles. The van der Waals surface area contributed by atoms with Gasteiger partial charge in [-0.2, -0.15) is 0 Å². The number of fused-ring (bicyclic) bond motifs is 1. The van der Waals surface area contributed by atoms with E-state index in [-0.39, 0.29) is 5.91 Å². The van der Waals surface area contributed by atoms with Crippen molar-refractivity contribution in [2.45, 2.75) is 51.9 Å². The van der Waals surface area contributed by atoms with Crippen LogP contribution in [0.15, 0.2) is 66.7 Å². The smallest absolute Gasteiger partial charge is 0.224 e. The van der Waals surface area contributed by atoms with Gasteiger partial charge < -0.3 is 19.9 Å². The first-order valence-electron chi connectivity index (χ1n) is 15.7. The molecule has 2 heterocycles. The summed E-state index contributed by atoms with van der Waals surface area (Å²) in [4.78, 5) is 25.7. The Bertz CT molecular complexity index is 1450. The Kier molecular flexibility index (Phi) is 9.04. The zero-order valence-corrected chi connectivity index (χ0v) is 24.8. The van der Waals surface area contributed by atoms with Gasteiger partial charge in [0.05, 0.1) is 11.2 Å². The first-order chi connectivity index (χ1) is 20.6. The molecule has 4 aromatic rings. The molecule has 1 aromatic heterocycles. The molecule has 1 amide bonds. The summed E-state index contributed by atoms with van der Waals surface area (Å²) in [5, 5.41) is 3.03. The largest absolute Gasteiger partial charge is 0.492 e. The number of H-pyrrole nitrogens is 1. The quantitative estimate of drug-likeness (QED) is 0.207. The number of amides is 1. The summed E-state index contributed by atoms with van der Waals surface area (Å²) in [5.74, 6) is 2.61. The fourth-order valence-corrected chi connectivity index (χ4v) is 6.30. The molecule has 0 bridgehead atoms. The van der Waals surface area contributed by atoms with Gasteiger partial charge in [-0.25, -0.2) is 4.98 Å². The van der Waals surface area contributed by atoms with Crippen molar-refractivity contribution in [3.63, 3.8) is 0 Å². The van der Waals surface area contributed by atoms with Crippen molar-refractivity contribution < 1.29 is 9.53 Å². The second kappa shape index (κ2) is 13.4. The molecule has 7 heteroatoms. The van der Waals surface area contributed by atoms with Crippen LogP contribution in [0.3, 0.4) is 0 Å². The predicted octanol–water partition coefficient (Wildman–Crippen LogP) is 6.90. The number of hydrogen-bond acceptors (Lipinski definition) is 5. The molecular weight excluding hydrogens is 522 g/mol. The predicted molar refractivity (Wildman–Crippen MR) is 171 cm³/mol. The molecular formula is C35H43N5O2. The molecule has 3 aromatic carbocycles. The third kappa shape index (κ3) is 6.96. The van der Waals surface area contributed by atoms with Crippen LogP contribution in [-0.4, -0.2) is 60.1 Å². The highest BCUT2D eigenvalue weighted by molar-refractivity contribution is 5.91. The Balaban J connectivity index is 0.954. The summed E-state index contributed by atoms with van der Waals surface area (Å²) >= 11 is 0. The molecule has 2 aliphatic rings. The van der Waals surface area contributed by atoms with E-state index in [4.69, 9.17) is 9.72 Å². The molecule has 0 atom stereocenters. The van der Waals surface area contributed by atoms with Gasteiger partial charge in [0.2, 0.25) is 5.91 Å². The minimum absolute atomic E-state index is 0.111. The number of imidazole rings is 1. The number of carbonyl (C=O) groups is 1. The number of aromatic amines is 1. The minimum atomic E-state index is 0.111. The van der Waals surface area contributed by atoms with E-state index >= 15 is 0 Å². The number of benzene rings is 3. The lowest BCUT2D eigenvalue weighted by molar-refractivity contribution is -0.116. The molecule has 2 fully saturated rings. The van der Waals surface area contributed by atoms with Crippen LogP contribution < -0.4 is 15.0 Å². The van der Waals surface area contributed by atoms with Crippen LogP contribution in [0.1, 0.15) is 51.0 Å². The first-order valence-corrected chi connectivity index (χ1v) is 15.7. The molecule has 0 radical (unpaired) electrons. The minimum Gasteiger partial charge on any atom is -0.492 e. The van der Waals surface area contributed by atoms with E-state index in [2.05, 4.69) is 69.5 Å². The Labute approximate surface area is 249 Å². The fraction of sp³-hybridized carbons (Fsp3) is 0.429. The van der Waals surface area contributed by atoms with Crippen LogP contribution in [-0.2, 0) is 11.2 Å². The molecule has 220 valence electrons. The Morgan fingerprint density at radius 3 is 2.48 bits per heavy atom. The SMILES string of the molecule is CCc1ccc(-c2nc3c(N4CCN(CCOc5ccc(NC(=O)CCC6CCCC6)cc5)CC4)cccc3[nH]2)cc1. The van der Waals surface area contributed by atoms with Gasteiger partial charge >= 0.3 is 0 Å². The number of anilines is 2. The summed E-state index contributed by atoms with van der Waals surface area (Å²) in [6, 6.07) is 22.8. The van der Waals surface area contributed by atoms with Crippen LogP contribution in [0.4, 0.5) is 11.4 Å². The summed E-state index contributed by atoms with van der Waals surface area (Å²) < 4.78 is 6.03. The molecule has 42 heavy (non-hydrogen) atoms. The zero-order chi connectivity index (χ0) is 28.7. The maximum absolute atomic E-state index is 12.3. The Morgan fingerprint density at radius 1 is 0.976 bits per heavy atom. The number of para-hydroxylation sites is 1. The second-order valence-electron chi connectivity index (χ2n) is 11.7. The molecule has 6 rings (SSSR count). The number of rotatable bonds is 11. The molecule has 2 N–H and O–H groups in total. The number of nitrogens with one attached hydrogen (secondary N) is 2. The number of aromatic nitrogens is 2. The van der Waals surface area contributed by atoms with E-state index in [0.717, 1.165) is 85.3 Å². The second-order valence-corrected chi connectivity index (χ2v) is 11.7.